The lowest BCUT2D eigenvalue weighted by molar-refractivity contribution is 0.0261. The van der Waals surface area contributed by atoms with Crippen LogP contribution >= 0.6 is 0 Å². The molecule has 2 aromatic carbocycles. The summed E-state index contributed by atoms with van der Waals surface area (Å²) in [6, 6.07) is 12.1. The SMILES string of the molecule is CC(=NO)c1ccc2ccccc2c1OC1CCOCC1. The average molecular weight is 285 g/mol. The first-order valence-corrected chi connectivity index (χ1v) is 7.25. The topological polar surface area (TPSA) is 51.1 Å². The van der Waals surface area contributed by atoms with Crippen LogP contribution in [0.4, 0.5) is 0 Å². The summed E-state index contributed by atoms with van der Waals surface area (Å²) < 4.78 is 11.6. The minimum absolute atomic E-state index is 0.148. The van der Waals surface area contributed by atoms with Gasteiger partial charge in [0.05, 0.1) is 18.9 Å². The molecule has 1 heterocycles. The van der Waals surface area contributed by atoms with Crippen LogP contribution in [0.5, 0.6) is 5.75 Å². The van der Waals surface area contributed by atoms with Crippen LogP contribution in [-0.4, -0.2) is 30.2 Å². The van der Waals surface area contributed by atoms with Crippen molar-refractivity contribution in [3.8, 4) is 5.75 Å². The zero-order valence-electron chi connectivity index (χ0n) is 12.1. The summed E-state index contributed by atoms with van der Waals surface area (Å²) in [4.78, 5) is 0. The lowest BCUT2D eigenvalue weighted by atomic mass is 10.0. The van der Waals surface area contributed by atoms with Gasteiger partial charge in [-0.15, -0.1) is 0 Å². The van der Waals surface area contributed by atoms with Gasteiger partial charge in [0.15, 0.2) is 0 Å². The van der Waals surface area contributed by atoms with E-state index in [1.54, 1.807) is 6.92 Å². The van der Waals surface area contributed by atoms with Crippen LogP contribution in [-0.2, 0) is 4.74 Å². The molecular weight excluding hydrogens is 266 g/mol. The predicted octanol–water partition coefficient (Wildman–Crippen LogP) is 3.60. The third kappa shape index (κ3) is 2.85. The normalized spacial score (nSPS) is 17.1. The first-order valence-electron chi connectivity index (χ1n) is 7.25. The molecule has 110 valence electrons. The summed E-state index contributed by atoms with van der Waals surface area (Å²) in [6.45, 7) is 3.25. The minimum Gasteiger partial charge on any atom is -0.489 e. The van der Waals surface area contributed by atoms with Gasteiger partial charge < -0.3 is 14.7 Å². The van der Waals surface area contributed by atoms with E-state index in [0.717, 1.165) is 48.1 Å². The second-order valence-electron chi connectivity index (χ2n) is 5.28. The maximum atomic E-state index is 9.10. The number of nitrogens with zero attached hydrogens (tertiary/aromatic N) is 1. The van der Waals surface area contributed by atoms with Crippen LogP contribution in [0.15, 0.2) is 41.6 Å². The molecule has 21 heavy (non-hydrogen) atoms. The largest absolute Gasteiger partial charge is 0.489 e. The molecule has 1 aliphatic heterocycles. The first kappa shape index (κ1) is 13.9. The smallest absolute Gasteiger partial charge is 0.136 e. The van der Waals surface area contributed by atoms with Gasteiger partial charge in [0.25, 0.3) is 0 Å². The monoisotopic (exact) mass is 285 g/mol. The summed E-state index contributed by atoms with van der Waals surface area (Å²) in [5.41, 5.74) is 1.39. The van der Waals surface area contributed by atoms with Crippen LogP contribution in [0.3, 0.4) is 0 Å². The molecule has 4 nitrogen and oxygen atoms in total. The van der Waals surface area contributed by atoms with Crippen molar-refractivity contribution in [2.24, 2.45) is 5.16 Å². The number of ether oxygens (including phenoxy) is 2. The molecule has 1 aliphatic rings. The highest BCUT2D eigenvalue weighted by Crippen LogP contribution is 2.32. The Hall–Kier alpha value is -2.07. The zero-order chi connectivity index (χ0) is 14.7. The van der Waals surface area contributed by atoms with Gasteiger partial charge in [-0.3, -0.25) is 0 Å². The molecule has 3 rings (SSSR count). The fourth-order valence-electron chi connectivity index (χ4n) is 2.67. The van der Waals surface area contributed by atoms with E-state index in [9.17, 15) is 0 Å². The number of benzene rings is 2. The molecule has 0 bridgehead atoms. The van der Waals surface area contributed by atoms with Crippen LogP contribution in [0, 0.1) is 0 Å². The van der Waals surface area contributed by atoms with Gasteiger partial charge in [0, 0.05) is 23.8 Å². The van der Waals surface area contributed by atoms with Gasteiger partial charge in [-0.2, -0.15) is 0 Å². The highest BCUT2D eigenvalue weighted by molar-refractivity contribution is 6.06. The Balaban J connectivity index is 2.06. The average Bonchev–Trinajstić information content (AvgIpc) is 2.55. The second-order valence-corrected chi connectivity index (χ2v) is 5.28. The molecule has 1 N–H and O–H groups in total. The Labute approximate surface area is 124 Å². The Kier molecular flexibility index (Phi) is 4.06. The lowest BCUT2D eigenvalue weighted by Gasteiger charge is -2.25. The number of fused-ring (bicyclic) bond motifs is 1. The van der Waals surface area contributed by atoms with Gasteiger partial charge >= 0.3 is 0 Å². The Bertz CT molecular complexity index is 660. The molecule has 0 radical (unpaired) electrons. The van der Waals surface area contributed by atoms with E-state index in [1.807, 2.05) is 30.3 Å². The molecule has 1 saturated heterocycles. The van der Waals surface area contributed by atoms with Crippen molar-refractivity contribution >= 4 is 16.5 Å². The van der Waals surface area contributed by atoms with Crippen molar-refractivity contribution < 1.29 is 14.7 Å². The lowest BCUT2D eigenvalue weighted by Crippen LogP contribution is -2.26. The molecule has 1 fully saturated rings. The van der Waals surface area contributed by atoms with E-state index in [1.165, 1.54) is 0 Å². The van der Waals surface area contributed by atoms with E-state index in [4.69, 9.17) is 14.7 Å². The van der Waals surface area contributed by atoms with E-state index in [-0.39, 0.29) is 6.10 Å². The minimum atomic E-state index is 0.148. The molecule has 0 atom stereocenters. The van der Waals surface area contributed by atoms with Gasteiger partial charge in [-0.25, -0.2) is 0 Å². The third-order valence-electron chi connectivity index (χ3n) is 3.87. The second kappa shape index (κ2) is 6.14. The standard InChI is InChI=1S/C17H19NO3/c1-12(18-19)15-7-6-13-4-2-3-5-16(13)17(15)21-14-8-10-20-11-9-14/h2-7,14,19H,8-11H2,1H3. The Morgan fingerprint density at radius 3 is 2.71 bits per heavy atom. The summed E-state index contributed by atoms with van der Waals surface area (Å²) in [6.07, 6.45) is 1.92. The molecule has 2 aromatic rings. The summed E-state index contributed by atoms with van der Waals surface area (Å²) in [5, 5.41) is 14.6. The molecule has 0 spiro atoms. The summed E-state index contributed by atoms with van der Waals surface area (Å²) in [7, 11) is 0. The highest BCUT2D eigenvalue weighted by Gasteiger charge is 2.19. The fourth-order valence-corrected chi connectivity index (χ4v) is 2.67. The van der Waals surface area contributed by atoms with E-state index < -0.39 is 0 Å². The Morgan fingerprint density at radius 1 is 1.19 bits per heavy atom. The number of rotatable bonds is 3. The highest BCUT2D eigenvalue weighted by atomic mass is 16.5. The summed E-state index contributed by atoms with van der Waals surface area (Å²) >= 11 is 0. The van der Waals surface area contributed by atoms with E-state index in [2.05, 4.69) is 11.2 Å². The Morgan fingerprint density at radius 2 is 1.95 bits per heavy atom. The zero-order valence-corrected chi connectivity index (χ0v) is 12.1. The molecule has 4 heteroatoms. The predicted molar refractivity (Wildman–Crippen MR) is 82.4 cm³/mol. The molecular formula is C17H19NO3. The van der Waals surface area contributed by atoms with Crippen molar-refractivity contribution in [1.29, 1.82) is 0 Å². The van der Waals surface area contributed by atoms with Crippen LogP contribution in [0.25, 0.3) is 10.8 Å². The van der Waals surface area contributed by atoms with Crippen molar-refractivity contribution in [1.82, 2.24) is 0 Å². The molecule has 0 saturated carbocycles. The van der Waals surface area contributed by atoms with Crippen molar-refractivity contribution in [2.75, 3.05) is 13.2 Å². The maximum absolute atomic E-state index is 9.10. The van der Waals surface area contributed by atoms with Crippen molar-refractivity contribution in [3.05, 3.63) is 42.0 Å². The van der Waals surface area contributed by atoms with Crippen molar-refractivity contribution in [3.63, 3.8) is 0 Å². The van der Waals surface area contributed by atoms with E-state index >= 15 is 0 Å². The number of hydrogen-bond donors (Lipinski definition) is 1. The third-order valence-corrected chi connectivity index (χ3v) is 3.87. The molecule has 0 amide bonds. The summed E-state index contributed by atoms with van der Waals surface area (Å²) in [5.74, 6) is 0.801. The van der Waals surface area contributed by atoms with Gasteiger partial charge in [-0.1, -0.05) is 35.5 Å². The molecule has 0 aliphatic carbocycles. The quantitative estimate of drug-likeness (QED) is 0.532. The number of oxime groups is 1. The maximum Gasteiger partial charge on any atom is 0.136 e. The number of hydrogen-bond acceptors (Lipinski definition) is 4. The van der Waals surface area contributed by atoms with Crippen LogP contribution in [0.1, 0.15) is 25.3 Å². The fraction of sp³-hybridized carbons (Fsp3) is 0.353. The van der Waals surface area contributed by atoms with Gasteiger partial charge in [0.1, 0.15) is 11.9 Å². The first-order chi connectivity index (χ1) is 10.3. The van der Waals surface area contributed by atoms with Gasteiger partial charge in [-0.05, 0) is 18.4 Å². The van der Waals surface area contributed by atoms with Crippen LogP contribution in [0.2, 0.25) is 0 Å². The van der Waals surface area contributed by atoms with E-state index in [0.29, 0.717) is 5.71 Å². The van der Waals surface area contributed by atoms with Crippen LogP contribution < -0.4 is 4.74 Å². The van der Waals surface area contributed by atoms with Crippen molar-refractivity contribution in [2.45, 2.75) is 25.9 Å². The van der Waals surface area contributed by atoms with Gasteiger partial charge in [0.2, 0.25) is 0 Å². The molecule has 0 unspecified atom stereocenters. The molecule has 0 aromatic heterocycles.